The fourth-order valence-electron chi connectivity index (χ4n) is 0.703. The van der Waals surface area contributed by atoms with Crippen molar-refractivity contribution in [3.63, 3.8) is 0 Å². The Morgan fingerprint density at radius 3 is 2.70 bits per heavy atom. The molecule has 0 saturated heterocycles. The van der Waals surface area contributed by atoms with Gasteiger partial charge in [0.25, 0.3) is 0 Å². The monoisotopic (exact) mass is 203 g/mol. The van der Waals surface area contributed by atoms with Crippen LogP contribution in [0.1, 0.15) is 11.3 Å². The summed E-state index contributed by atoms with van der Waals surface area (Å²) in [6.07, 6.45) is 1.70. The zero-order valence-corrected chi connectivity index (χ0v) is 7.45. The molecule has 1 aromatic heterocycles. The lowest BCUT2D eigenvalue weighted by Crippen LogP contribution is -1.85. The molecule has 0 aliphatic heterocycles. The van der Waals surface area contributed by atoms with Crippen molar-refractivity contribution in [2.24, 2.45) is 0 Å². The highest BCUT2D eigenvalue weighted by molar-refractivity contribution is 8.93. The number of aryl methyl sites for hydroxylation is 1. The van der Waals surface area contributed by atoms with Gasteiger partial charge in [0.2, 0.25) is 0 Å². The van der Waals surface area contributed by atoms with Crippen molar-refractivity contribution in [3.8, 4) is 0 Å². The van der Waals surface area contributed by atoms with Gasteiger partial charge in [-0.25, -0.2) is 0 Å². The fourth-order valence-corrected chi connectivity index (χ4v) is 0.703. The third-order valence-electron chi connectivity index (χ3n) is 1.14. The highest BCUT2D eigenvalue weighted by atomic mass is 79.9. The van der Waals surface area contributed by atoms with E-state index in [1.165, 1.54) is 0 Å². The van der Waals surface area contributed by atoms with Crippen molar-refractivity contribution in [1.82, 2.24) is 4.98 Å². The summed E-state index contributed by atoms with van der Waals surface area (Å²) in [6, 6.07) is 3.66. The Kier molecular flexibility index (Phi) is 4.23. The molecule has 1 N–H and O–H groups in total. The Morgan fingerprint density at radius 1 is 1.60 bits per heavy atom. The Balaban J connectivity index is 0.000000810. The predicted octanol–water partition coefficient (Wildman–Crippen LogP) is 1.46. The lowest BCUT2D eigenvalue weighted by molar-refractivity contribution is 0.281. The van der Waals surface area contributed by atoms with Crippen molar-refractivity contribution < 1.29 is 5.11 Å². The van der Waals surface area contributed by atoms with Crippen LogP contribution in [0.5, 0.6) is 0 Å². The lowest BCUT2D eigenvalue weighted by Gasteiger charge is -1.94. The van der Waals surface area contributed by atoms with E-state index in [2.05, 4.69) is 4.98 Å². The van der Waals surface area contributed by atoms with Crippen LogP contribution < -0.4 is 0 Å². The van der Waals surface area contributed by atoms with Crippen LogP contribution >= 0.6 is 17.0 Å². The molecule has 0 saturated carbocycles. The van der Waals surface area contributed by atoms with Crippen molar-refractivity contribution in [3.05, 3.63) is 29.6 Å². The van der Waals surface area contributed by atoms with E-state index in [1.807, 2.05) is 13.0 Å². The number of hydrogen-bond acceptors (Lipinski definition) is 2. The number of aliphatic hydroxyl groups is 1. The predicted molar refractivity (Wildman–Crippen MR) is 45.2 cm³/mol. The first-order valence-electron chi connectivity index (χ1n) is 2.85. The average molecular weight is 204 g/mol. The summed E-state index contributed by atoms with van der Waals surface area (Å²) >= 11 is 0. The van der Waals surface area contributed by atoms with E-state index < -0.39 is 0 Å². The molecular formula is C7H10BrNO. The smallest absolute Gasteiger partial charge is 0.0683 e. The molecule has 0 fully saturated rings. The molecule has 0 unspecified atom stereocenters. The van der Waals surface area contributed by atoms with Gasteiger partial charge in [0, 0.05) is 11.9 Å². The van der Waals surface area contributed by atoms with Crippen LogP contribution in [0.4, 0.5) is 0 Å². The molecule has 0 aliphatic rings. The summed E-state index contributed by atoms with van der Waals surface area (Å²) < 4.78 is 0. The minimum absolute atomic E-state index is 0. The maximum Gasteiger partial charge on any atom is 0.0683 e. The van der Waals surface area contributed by atoms with Crippen LogP contribution in [-0.4, -0.2) is 10.1 Å². The largest absolute Gasteiger partial charge is 0.392 e. The summed E-state index contributed by atoms with van der Waals surface area (Å²) in [4.78, 5) is 3.98. The van der Waals surface area contributed by atoms with E-state index in [9.17, 15) is 0 Å². The summed E-state index contributed by atoms with van der Waals surface area (Å²) in [5.41, 5.74) is 1.86. The van der Waals surface area contributed by atoms with Crippen LogP contribution in [-0.2, 0) is 6.61 Å². The average Bonchev–Trinajstić information content (AvgIpc) is 1.88. The Hall–Kier alpha value is -0.410. The first-order chi connectivity index (χ1) is 4.33. The summed E-state index contributed by atoms with van der Waals surface area (Å²) in [5, 5.41) is 8.63. The lowest BCUT2D eigenvalue weighted by atomic mass is 10.2. The van der Waals surface area contributed by atoms with E-state index >= 15 is 0 Å². The summed E-state index contributed by atoms with van der Waals surface area (Å²) in [5.74, 6) is 0. The second-order valence-corrected chi connectivity index (χ2v) is 1.96. The molecule has 3 heteroatoms. The third-order valence-corrected chi connectivity index (χ3v) is 1.14. The maximum atomic E-state index is 8.63. The van der Waals surface area contributed by atoms with Gasteiger partial charge >= 0.3 is 0 Å². The maximum absolute atomic E-state index is 8.63. The molecule has 0 bridgehead atoms. The molecule has 56 valence electrons. The van der Waals surface area contributed by atoms with Crippen molar-refractivity contribution in [2.75, 3.05) is 0 Å². The molecule has 0 spiro atoms. The number of halogens is 1. The number of rotatable bonds is 1. The first kappa shape index (κ1) is 9.59. The molecule has 10 heavy (non-hydrogen) atoms. The van der Waals surface area contributed by atoms with Crippen LogP contribution in [0.2, 0.25) is 0 Å². The summed E-state index contributed by atoms with van der Waals surface area (Å²) in [7, 11) is 0. The van der Waals surface area contributed by atoms with Crippen LogP contribution in [0.25, 0.3) is 0 Å². The molecule has 1 heterocycles. The normalized spacial score (nSPS) is 8.60. The molecule has 1 aromatic rings. The van der Waals surface area contributed by atoms with Gasteiger partial charge in [-0.2, -0.15) is 0 Å². The number of hydrogen-bond donors (Lipinski definition) is 1. The minimum Gasteiger partial charge on any atom is -0.392 e. The van der Waals surface area contributed by atoms with Gasteiger partial charge in [-0.3, -0.25) is 4.98 Å². The Labute approximate surface area is 70.7 Å². The van der Waals surface area contributed by atoms with Gasteiger partial charge < -0.3 is 5.11 Å². The highest BCUT2D eigenvalue weighted by Gasteiger charge is 1.87. The number of nitrogens with zero attached hydrogens (tertiary/aromatic N) is 1. The number of aromatic nitrogens is 1. The van der Waals surface area contributed by atoms with E-state index in [1.54, 1.807) is 12.3 Å². The minimum atomic E-state index is 0. The topological polar surface area (TPSA) is 33.1 Å². The van der Waals surface area contributed by atoms with Crippen LogP contribution in [0.3, 0.4) is 0 Å². The second kappa shape index (κ2) is 4.41. The highest BCUT2D eigenvalue weighted by Crippen LogP contribution is 1.98. The van der Waals surface area contributed by atoms with Gasteiger partial charge in [0.1, 0.15) is 0 Å². The van der Waals surface area contributed by atoms with Gasteiger partial charge in [-0.05, 0) is 24.6 Å². The zero-order valence-electron chi connectivity index (χ0n) is 5.74. The molecule has 0 aliphatic carbocycles. The molecule has 0 atom stereocenters. The fraction of sp³-hybridized carbons (Fsp3) is 0.286. The molecule has 1 rings (SSSR count). The van der Waals surface area contributed by atoms with E-state index in [-0.39, 0.29) is 23.6 Å². The second-order valence-electron chi connectivity index (χ2n) is 1.96. The standard InChI is InChI=1S/C7H9NO.BrH/c1-6-4-7(5-9)2-3-8-6;/h2-4,9H,5H2,1H3;1H. The van der Waals surface area contributed by atoms with Crippen molar-refractivity contribution in [1.29, 1.82) is 0 Å². The van der Waals surface area contributed by atoms with Crippen molar-refractivity contribution in [2.45, 2.75) is 13.5 Å². The van der Waals surface area contributed by atoms with Gasteiger partial charge in [-0.1, -0.05) is 0 Å². The van der Waals surface area contributed by atoms with Gasteiger partial charge in [0.15, 0.2) is 0 Å². The van der Waals surface area contributed by atoms with Crippen LogP contribution in [0.15, 0.2) is 18.3 Å². The zero-order chi connectivity index (χ0) is 6.69. The number of aliphatic hydroxyl groups excluding tert-OH is 1. The number of pyridine rings is 1. The van der Waals surface area contributed by atoms with Gasteiger partial charge in [0.05, 0.1) is 6.61 Å². The van der Waals surface area contributed by atoms with Crippen LogP contribution in [0, 0.1) is 6.92 Å². The third kappa shape index (κ3) is 2.45. The molecule has 2 nitrogen and oxygen atoms in total. The van der Waals surface area contributed by atoms with E-state index in [0.29, 0.717) is 0 Å². The van der Waals surface area contributed by atoms with Crippen molar-refractivity contribution >= 4 is 17.0 Å². The van der Waals surface area contributed by atoms with Gasteiger partial charge in [-0.15, -0.1) is 17.0 Å². The molecule has 0 aromatic carbocycles. The Bertz CT molecular complexity index is 203. The molecule has 0 amide bonds. The Morgan fingerprint density at radius 2 is 2.30 bits per heavy atom. The summed E-state index contributed by atoms with van der Waals surface area (Å²) in [6.45, 7) is 2.00. The molecular weight excluding hydrogens is 194 g/mol. The SMILES string of the molecule is Br.Cc1cc(CO)ccn1. The van der Waals surface area contributed by atoms with E-state index in [0.717, 1.165) is 11.3 Å². The molecule has 0 radical (unpaired) electrons. The quantitative estimate of drug-likeness (QED) is 0.751. The first-order valence-corrected chi connectivity index (χ1v) is 2.85. The van der Waals surface area contributed by atoms with E-state index in [4.69, 9.17) is 5.11 Å².